The molecule has 1 heterocycles. The van der Waals surface area contributed by atoms with E-state index in [2.05, 4.69) is 28.1 Å². The lowest BCUT2D eigenvalue weighted by atomic mass is 10.7. The Bertz CT molecular complexity index is 129. The van der Waals surface area contributed by atoms with Gasteiger partial charge in [0.2, 0.25) is 0 Å². The number of thiocarbonyl (C=S) groups is 1. The lowest BCUT2D eigenvalue weighted by Gasteiger charge is -1.68. The Morgan fingerprint density at radius 1 is 1.22 bits per heavy atom. The summed E-state index contributed by atoms with van der Waals surface area (Å²) >= 11 is 4.09. The Hall–Kier alpha value is -1.03. The lowest BCUT2D eigenvalue weighted by Crippen LogP contribution is -2.18. The van der Waals surface area contributed by atoms with Crippen LogP contribution in [-0.4, -0.2) is 5.11 Å². The van der Waals surface area contributed by atoms with Gasteiger partial charge in [0.15, 0.2) is 5.11 Å². The predicted molar refractivity (Wildman–Crippen MR) is 39.7 cm³/mol. The van der Waals surface area contributed by atoms with Crippen LogP contribution in [0.4, 0.5) is 0 Å². The Morgan fingerprint density at radius 3 is 1.67 bits per heavy atom. The maximum atomic E-state index is 4.62. The minimum absolute atomic E-state index is 0.000000000000000222. The van der Waals surface area contributed by atoms with E-state index in [0.29, 0.717) is 0 Å². The van der Waals surface area contributed by atoms with E-state index in [4.69, 9.17) is 0 Å². The molecule has 0 saturated carbocycles. The Morgan fingerprint density at radius 2 is 1.56 bits per heavy atom. The zero-order chi connectivity index (χ0) is 7.11. The molecule has 0 amide bonds. The molecule has 50 valence electrons. The molecule has 0 saturated heterocycles. The van der Waals surface area contributed by atoms with E-state index in [0.717, 1.165) is 0 Å². The second-order valence-corrected chi connectivity index (χ2v) is 1.67. The van der Waals surface area contributed by atoms with Crippen LogP contribution in [0.1, 0.15) is 0 Å². The van der Waals surface area contributed by atoms with E-state index in [1.807, 2.05) is 12.1 Å². The Labute approximate surface area is 58.6 Å². The zero-order valence-electron chi connectivity index (χ0n) is 4.78. The first-order chi connectivity index (χ1) is 4.23. The largest absolute Gasteiger partial charge is 0.473 e. The van der Waals surface area contributed by atoms with Crippen LogP contribution in [0.5, 0.6) is 0 Å². The lowest BCUT2D eigenvalue weighted by molar-refractivity contribution is 0.567. The smallest absolute Gasteiger partial charge is 0.160 e. The molecule has 3 nitrogen and oxygen atoms in total. The summed E-state index contributed by atoms with van der Waals surface area (Å²) < 4.78 is 4.58. The minimum Gasteiger partial charge on any atom is -0.473 e. The van der Waals surface area contributed by atoms with Crippen molar-refractivity contribution in [1.82, 2.24) is 0 Å². The van der Waals surface area contributed by atoms with Crippen molar-refractivity contribution >= 4 is 17.3 Å². The van der Waals surface area contributed by atoms with E-state index in [1.54, 1.807) is 12.5 Å². The Kier molecular flexibility index (Phi) is 4.53. The number of nitrogens with two attached hydrogens (primary N) is 2. The highest BCUT2D eigenvalue weighted by atomic mass is 32.1. The predicted octanol–water partition coefficient (Wildman–Crippen LogP) is 0.468. The second-order valence-electron chi connectivity index (χ2n) is 1.20. The maximum Gasteiger partial charge on any atom is 0.160 e. The average Bonchev–Trinajstić information content (AvgIpc) is 2.11. The highest BCUT2D eigenvalue weighted by Crippen LogP contribution is 1.79. The molecule has 0 atom stereocenters. The fraction of sp³-hybridized carbons (Fsp3) is 0. The normalized spacial score (nSPS) is 7.11. The van der Waals surface area contributed by atoms with Gasteiger partial charge in [-0.15, -0.1) is 0 Å². The molecule has 0 spiro atoms. The first kappa shape index (κ1) is 7.97. The van der Waals surface area contributed by atoms with Gasteiger partial charge < -0.3 is 15.9 Å². The Balaban J connectivity index is 0.000000148. The van der Waals surface area contributed by atoms with Crippen LogP contribution in [0.15, 0.2) is 29.1 Å². The molecule has 0 bridgehead atoms. The van der Waals surface area contributed by atoms with Crippen molar-refractivity contribution in [2.75, 3.05) is 0 Å². The van der Waals surface area contributed by atoms with Gasteiger partial charge in [-0.25, -0.2) is 0 Å². The monoisotopic (exact) mass is 144 g/mol. The summed E-state index contributed by atoms with van der Waals surface area (Å²) in [5, 5.41) is 0.000000000000000222. The van der Waals surface area contributed by atoms with Gasteiger partial charge in [0.25, 0.3) is 0 Å². The fourth-order valence-electron chi connectivity index (χ4n) is 0.227. The van der Waals surface area contributed by atoms with Crippen molar-refractivity contribution in [3.63, 3.8) is 0 Å². The third-order valence-corrected chi connectivity index (χ3v) is 0.425. The summed E-state index contributed by atoms with van der Waals surface area (Å²) in [7, 11) is 0. The molecular formula is C5H8N2OS. The van der Waals surface area contributed by atoms with Crippen LogP contribution >= 0.6 is 12.2 Å². The van der Waals surface area contributed by atoms with Gasteiger partial charge in [0, 0.05) is 0 Å². The molecule has 0 aliphatic heterocycles. The fourth-order valence-corrected chi connectivity index (χ4v) is 0.227. The van der Waals surface area contributed by atoms with E-state index < -0.39 is 0 Å². The first-order valence-electron chi connectivity index (χ1n) is 2.25. The quantitative estimate of drug-likeness (QED) is 0.519. The topological polar surface area (TPSA) is 65.2 Å². The SMILES string of the molecule is NC(N)=S.c1ccoc1. The van der Waals surface area contributed by atoms with Crippen molar-refractivity contribution in [2.45, 2.75) is 0 Å². The summed E-state index contributed by atoms with van der Waals surface area (Å²) in [5.74, 6) is 0. The van der Waals surface area contributed by atoms with Gasteiger partial charge in [-0.1, -0.05) is 0 Å². The first-order valence-corrected chi connectivity index (χ1v) is 2.66. The molecule has 1 rings (SSSR count). The van der Waals surface area contributed by atoms with Crippen LogP contribution in [-0.2, 0) is 0 Å². The second kappa shape index (κ2) is 5.11. The molecule has 0 fully saturated rings. The minimum atomic E-state index is 0.000000000000000222. The van der Waals surface area contributed by atoms with E-state index in [-0.39, 0.29) is 5.11 Å². The summed E-state index contributed by atoms with van der Waals surface area (Å²) in [4.78, 5) is 0. The molecule has 0 aromatic carbocycles. The molecule has 0 aliphatic carbocycles. The maximum absolute atomic E-state index is 4.62. The summed E-state index contributed by atoms with van der Waals surface area (Å²) in [6.45, 7) is 0. The van der Waals surface area contributed by atoms with Crippen molar-refractivity contribution in [2.24, 2.45) is 11.5 Å². The molecule has 1 aromatic rings. The van der Waals surface area contributed by atoms with Gasteiger partial charge in [-0.05, 0) is 24.4 Å². The van der Waals surface area contributed by atoms with Crippen molar-refractivity contribution < 1.29 is 4.42 Å². The van der Waals surface area contributed by atoms with Crippen LogP contribution in [0.25, 0.3) is 0 Å². The molecule has 1 aromatic heterocycles. The van der Waals surface area contributed by atoms with Crippen LogP contribution in [0.3, 0.4) is 0 Å². The molecule has 0 unspecified atom stereocenters. The highest BCUT2D eigenvalue weighted by Gasteiger charge is 1.59. The van der Waals surface area contributed by atoms with Crippen molar-refractivity contribution in [3.8, 4) is 0 Å². The third kappa shape index (κ3) is 10.9. The van der Waals surface area contributed by atoms with Gasteiger partial charge in [-0.2, -0.15) is 0 Å². The summed E-state index contributed by atoms with van der Waals surface area (Å²) in [5.41, 5.74) is 9.24. The zero-order valence-corrected chi connectivity index (χ0v) is 5.60. The molecular weight excluding hydrogens is 136 g/mol. The number of rotatable bonds is 0. The third-order valence-electron chi connectivity index (χ3n) is 0.425. The standard InChI is InChI=1S/C4H4O.CH4N2S/c1-2-4-5-3-1;2-1(3)4/h1-4H;(H4,2,3,4). The van der Waals surface area contributed by atoms with Crippen molar-refractivity contribution in [1.29, 1.82) is 0 Å². The summed E-state index contributed by atoms with van der Waals surface area (Å²) in [6, 6.07) is 3.67. The molecule has 4 heteroatoms. The number of hydrogen-bond donors (Lipinski definition) is 2. The van der Waals surface area contributed by atoms with Crippen LogP contribution in [0, 0.1) is 0 Å². The highest BCUT2D eigenvalue weighted by molar-refractivity contribution is 7.80. The van der Waals surface area contributed by atoms with Crippen LogP contribution in [0.2, 0.25) is 0 Å². The molecule has 0 radical (unpaired) electrons. The van der Waals surface area contributed by atoms with Gasteiger partial charge in [0.1, 0.15) is 0 Å². The van der Waals surface area contributed by atoms with E-state index in [1.165, 1.54) is 0 Å². The van der Waals surface area contributed by atoms with Crippen molar-refractivity contribution in [3.05, 3.63) is 24.7 Å². The number of furan rings is 1. The van der Waals surface area contributed by atoms with Gasteiger partial charge in [-0.3, -0.25) is 0 Å². The van der Waals surface area contributed by atoms with E-state index >= 15 is 0 Å². The summed E-state index contributed by atoms with van der Waals surface area (Å²) in [6.07, 6.45) is 3.25. The molecule has 0 aliphatic rings. The average molecular weight is 144 g/mol. The van der Waals surface area contributed by atoms with Crippen LogP contribution < -0.4 is 11.5 Å². The molecule has 9 heavy (non-hydrogen) atoms. The number of hydrogen-bond acceptors (Lipinski definition) is 2. The van der Waals surface area contributed by atoms with E-state index in [9.17, 15) is 0 Å². The molecule has 4 N–H and O–H groups in total. The van der Waals surface area contributed by atoms with Gasteiger partial charge in [0.05, 0.1) is 12.5 Å². The van der Waals surface area contributed by atoms with Gasteiger partial charge >= 0.3 is 0 Å².